The van der Waals surface area contributed by atoms with Gasteiger partial charge in [0.15, 0.2) is 0 Å². The summed E-state index contributed by atoms with van der Waals surface area (Å²) in [5.41, 5.74) is 0.113. The fourth-order valence-corrected chi connectivity index (χ4v) is 2.18. The fraction of sp³-hybridized carbons (Fsp3) is 1.00. The van der Waals surface area contributed by atoms with Gasteiger partial charge in [-0.1, -0.05) is 0 Å². The Morgan fingerprint density at radius 2 is 2.06 bits per heavy atom. The van der Waals surface area contributed by atoms with Crippen molar-refractivity contribution >= 4 is 0 Å². The van der Waals surface area contributed by atoms with Gasteiger partial charge >= 0.3 is 0 Å². The van der Waals surface area contributed by atoms with Crippen LogP contribution in [-0.2, 0) is 4.74 Å². The van der Waals surface area contributed by atoms with E-state index in [1.807, 2.05) is 0 Å². The first-order chi connectivity index (χ1) is 7.59. The molecule has 3 heteroatoms. The van der Waals surface area contributed by atoms with Gasteiger partial charge in [0.2, 0.25) is 0 Å². The van der Waals surface area contributed by atoms with E-state index in [-0.39, 0.29) is 5.60 Å². The predicted octanol–water partition coefficient (Wildman–Crippen LogP) is 1.49. The smallest absolute Gasteiger partial charge is 0.0902 e. The average Bonchev–Trinajstić information content (AvgIpc) is 2.97. The Labute approximate surface area is 99.5 Å². The summed E-state index contributed by atoms with van der Waals surface area (Å²) in [4.78, 5) is 2.56. The summed E-state index contributed by atoms with van der Waals surface area (Å²) in [6, 6.07) is 0.650. The summed E-state index contributed by atoms with van der Waals surface area (Å²) in [6.07, 6.45) is 2.87. The highest BCUT2D eigenvalue weighted by Gasteiger charge is 2.32. The third-order valence-corrected chi connectivity index (χ3v) is 3.75. The van der Waals surface area contributed by atoms with Gasteiger partial charge in [0.25, 0.3) is 0 Å². The minimum absolute atomic E-state index is 0.113. The number of hydrogen-bond donors (Lipinski definition) is 1. The molecule has 3 nitrogen and oxygen atoms in total. The molecule has 1 saturated carbocycles. The molecule has 1 aliphatic heterocycles. The van der Waals surface area contributed by atoms with Crippen molar-refractivity contribution in [2.75, 3.05) is 32.8 Å². The third kappa shape index (κ3) is 3.44. The van der Waals surface area contributed by atoms with E-state index in [0.717, 1.165) is 32.2 Å². The highest BCUT2D eigenvalue weighted by molar-refractivity contribution is 4.90. The van der Waals surface area contributed by atoms with E-state index in [4.69, 9.17) is 4.74 Å². The molecule has 1 saturated heterocycles. The van der Waals surface area contributed by atoms with Gasteiger partial charge in [0.05, 0.1) is 12.2 Å². The lowest BCUT2D eigenvalue weighted by atomic mass is 10.0. The molecule has 0 aromatic rings. The van der Waals surface area contributed by atoms with Gasteiger partial charge in [-0.25, -0.2) is 0 Å². The minimum atomic E-state index is 0.113. The minimum Gasteiger partial charge on any atom is -0.371 e. The van der Waals surface area contributed by atoms with E-state index in [1.54, 1.807) is 0 Å². The molecular weight excluding hydrogens is 200 g/mol. The molecule has 0 radical (unpaired) electrons. The zero-order chi connectivity index (χ0) is 11.6. The van der Waals surface area contributed by atoms with Gasteiger partial charge in [-0.2, -0.15) is 0 Å². The molecule has 16 heavy (non-hydrogen) atoms. The Morgan fingerprint density at radius 3 is 2.50 bits per heavy atom. The Kier molecular flexibility index (Phi) is 3.88. The Morgan fingerprint density at radius 1 is 1.38 bits per heavy atom. The summed E-state index contributed by atoms with van der Waals surface area (Å²) in [6.45, 7) is 12.0. The summed E-state index contributed by atoms with van der Waals surface area (Å²) >= 11 is 0. The van der Waals surface area contributed by atoms with Crippen molar-refractivity contribution < 1.29 is 4.74 Å². The van der Waals surface area contributed by atoms with Crippen molar-refractivity contribution in [3.05, 3.63) is 0 Å². The number of hydrogen-bond acceptors (Lipinski definition) is 3. The Bertz CT molecular complexity index is 222. The van der Waals surface area contributed by atoms with E-state index in [2.05, 4.69) is 31.0 Å². The van der Waals surface area contributed by atoms with E-state index in [9.17, 15) is 0 Å². The van der Waals surface area contributed by atoms with E-state index in [0.29, 0.717) is 6.04 Å². The molecule has 0 bridgehead atoms. The molecule has 1 N–H and O–H groups in total. The number of ether oxygens (including phenoxy) is 1. The number of nitrogens with zero attached hydrogens (tertiary/aromatic N) is 1. The second-order valence-electron chi connectivity index (χ2n) is 5.93. The maximum absolute atomic E-state index is 5.94. The molecular formula is C13H26N2O. The van der Waals surface area contributed by atoms with Crippen LogP contribution in [0.15, 0.2) is 0 Å². The van der Waals surface area contributed by atoms with Crippen molar-refractivity contribution in [1.29, 1.82) is 0 Å². The van der Waals surface area contributed by atoms with Crippen LogP contribution in [0.5, 0.6) is 0 Å². The predicted molar refractivity (Wildman–Crippen MR) is 66.7 cm³/mol. The maximum atomic E-state index is 5.94. The molecule has 2 aliphatic rings. The van der Waals surface area contributed by atoms with Crippen molar-refractivity contribution in [3.63, 3.8) is 0 Å². The molecule has 1 aliphatic carbocycles. The van der Waals surface area contributed by atoms with Crippen molar-refractivity contribution in [3.8, 4) is 0 Å². The molecule has 0 aromatic carbocycles. The summed E-state index contributed by atoms with van der Waals surface area (Å²) in [5.74, 6) is 0.975. The summed E-state index contributed by atoms with van der Waals surface area (Å²) in [7, 11) is 0. The third-order valence-electron chi connectivity index (χ3n) is 3.75. The second kappa shape index (κ2) is 5.03. The fourth-order valence-electron chi connectivity index (χ4n) is 2.18. The van der Waals surface area contributed by atoms with E-state index >= 15 is 0 Å². The van der Waals surface area contributed by atoms with Crippen LogP contribution in [0.2, 0.25) is 0 Å². The van der Waals surface area contributed by atoms with Crippen molar-refractivity contribution in [2.24, 2.45) is 5.92 Å². The molecule has 0 aromatic heterocycles. The lowest BCUT2D eigenvalue weighted by Crippen LogP contribution is -2.59. The van der Waals surface area contributed by atoms with E-state index < -0.39 is 0 Å². The van der Waals surface area contributed by atoms with Gasteiger partial charge in [0.1, 0.15) is 0 Å². The lowest BCUT2D eigenvalue weighted by Gasteiger charge is -2.40. The van der Waals surface area contributed by atoms with Crippen LogP contribution < -0.4 is 5.32 Å². The highest BCUT2D eigenvalue weighted by atomic mass is 16.5. The molecule has 0 unspecified atom stereocenters. The highest BCUT2D eigenvalue weighted by Crippen LogP contribution is 2.30. The van der Waals surface area contributed by atoms with Crippen LogP contribution >= 0.6 is 0 Å². The SMILES string of the molecule is CC(C)N(CCOC1(C)CNC1)CC1CC1. The maximum Gasteiger partial charge on any atom is 0.0902 e. The topological polar surface area (TPSA) is 24.5 Å². The van der Waals surface area contributed by atoms with Crippen LogP contribution in [0.1, 0.15) is 33.6 Å². The van der Waals surface area contributed by atoms with Crippen LogP contribution in [0.4, 0.5) is 0 Å². The first-order valence-corrected chi connectivity index (χ1v) is 6.68. The summed E-state index contributed by atoms with van der Waals surface area (Å²) in [5, 5.41) is 3.27. The molecule has 2 fully saturated rings. The molecule has 0 amide bonds. The zero-order valence-corrected chi connectivity index (χ0v) is 11.0. The first-order valence-electron chi connectivity index (χ1n) is 6.68. The quantitative estimate of drug-likeness (QED) is 0.712. The normalized spacial score (nSPS) is 23.8. The molecule has 94 valence electrons. The van der Waals surface area contributed by atoms with Crippen LogP contribution in [0, 0.1) is 5.92 Å². The van der Waals surface area contributed by atoms with Gasteiger partial charge in [-0.3, -0.25) is 4.90 Å². The molecule has 1 heterocycles. The number of rotatable bonds is 7. The van der Waals surface area contributed by atoms with E-state index in [1.165, 1.54) is 19.4 Å². The van der Waals surface area contributed by atoms with Gasteiger partial charge < -0.3 is 10.1 Å². The van der Waals surface area contributed by atoms with Crippen LogP contribution in [-0.4, -0.2) is 49.3 Å². The second-order valence-corrected chi connectivity index (χ2v) is 5.93. The monoisotopic (exact) mass is 226 g/mol. The lowest BCUT2D eigenvalue weighted by molar-refractivity contribution is -0.0739. The molecule has 0 spiro atoms. The number of nitrogens with one attached hydrogen (secondary N) is 1. The zero-order valence-electron chi connectivity index (χ0n) is 11.0. The van der Waals surface area contributed by atoms with Crippen LogP contribution in [0.25, 0.3) is 0 Å². The standard InChI is InChI=1S/C13H26N2O/c1-11(2)15(8-12-4-5-12)6-7-16-13(3)9-14-10-13/h11-12,14H,4-10H2,1-3H3. The molecule has 0 atom stereocenters. The van der Waals surface area contributed by atoms with Crippen molar-refractivity contribution in [1.82, 2.24) is 10.2 Å². The molecule has 2 rings (SSSR count). The Hall–Kier alpha value is -0.120. The van der Waals surface area contributed by atoms with Crippen molar-refractivity contribution in [2.45, 2.75) is 45.3 Å². The Balaban J connectivity index is 1.64. The summed E-state index contributed by atoms with van der Waals surface area (Å²) < 4.78 is 5.94. The van der Waals surface area contributed by atoms with Gasteiger partial charge in [-0.05, 0) is 39.5 Å². The largest absolute Gasteiger partial charge is 0.371 e. The van der Waals surface area contributed by atoms with Gasteiger partial charge in [-0.15, -0.1) is 0 Å². The first kappa shape index (κ1) is 12.3. The van der Waals surface area contributed by atoms with Crippen LogP contribution in [0.3, 0.4) is 0 Å². The average molecular weight is 226 g/mol. The van der Waals surface area contributed by atoms with Gasteiger partial charge in [0, 0.05) is 32.2 Å².